The van der Waals surface area contributed by atoms with Crippen LogP contribution in [-0.2, 0) is 4.79 Å². The Labute approximate surface area is 120 Å². The quantitative estimate of drug-likeness (QED) is 0.871. The smallest absolute Gasteiger partial charge is 0.223 e. The van der Waals surface area contributed by atoms with Crippen LogP contribution in [0.4, 0.5) is 0 Å². The minimum Gasteiger partial charge on any atom is -0.467 e. The van der Waals surface area contributed by atoms with Crippen molar-refractivity contribution in [3.63, 3.8) is 0 Å². The Balaban J connectivity index is 1.76. The summed E-state index contributed by atoms with van der Waals surface area (Å²) < 4.78 is 5.17. The number of carbonyl (C=O) groups is 1. The molecule has 1 aliphatic carbocycles. The lowest BCUT2D eigenvalue weighted by Gasteiger charge is -2.27. The summed E-state index contributed by atoms with van der Waals surface area (Å²) in [6.07, 6.45) is 5.61. The maximum Gasteiger partial charge on any atom is 0.223 e. The van der Waals surface area contributed by atoms with Crippen molar-refractivity contribution in [1.29, 1.82) is 0 Å². The zero-order chi connectivity index (χ0) is 14.5. The second kappa shape index (κ2) is 6.93. The Morgan fingerprint density at radius 1 is 1.45 bits per heavy atom. The van der Waals surface area contributed by atoms with Gasteiger partial charge in [0.05, 0.1) is 6.26 Å². The van der Waals surface area contributed by atoms with Gasteiger partial charge in [-0.05, 0) is 50.7 Å². The Morgan fingerprint density at radius 2 is 2.15 bits per heavy atom. The number of hydrogen-bond acceptors (Lipinski definition) is 3. The zero-order valence-corrected chi connectivity index (χ0v) is 12.3. The summed E-state index contributed by atoms with van der Waals surface area (Å²) in [5.74, 6) is 1.58. The Hall–Kier alpha value is -1.29. The number of aliphatic hydroxyl groups excluding tert-OH is 1. The van der Waals surface area contributed by atoms with Crippen LogP contribution in [-0.4, -0.2) is 17.1 Å². The van der Waals surface area contributed by atoms with Gasteiger partial charge in [0.2, 0.25) is 5.91 Å². The fraction of sp³-hybridized carbons (Fsp3) is 0.688. The van der Waals surface area contributed by atoms with E-state index in [9.17, 15) is 9.90 Å². The van der Waals surface area contributed by atoms with E-state index >= 15 is 0 Å². The monoisotopic (exact) mass is 279 g/mol. The molecule has 4 heteroatoms. The molecule has 2 rings (SSSR count). The third-order valence-electron chi connectivity index (χ3n) is 4.22. The summed E-state index contributed by atoms with van der Waals surface area (Å²) in [6.45, 7) is 4.17. The van der Waals surface area contributed by atoms with E-state index < -0.39 is 6.10 Å². The Kier molecular flexibility index (Phi) is 5.24. The molecule has 0 saturated heterocycles. The summed E-state index contributed by atoms with van der Waals surface area (Å²) >= 11 is 0. The van der Waals surface area contributed by atoms with Crippen molar-refractivity contribution >= 4 is 5.91 Å². The van der Waals surface area contributed by atoms with E-state index in [0.29, 0.717) is 12.2 Å². The second-order valence-electron chi connectivity index (χ2n) is 6.13. The third-order valence-corrected chi connectivity index (χ3v) is 4.22. The Morgan fingerprint density at radius 3 is 2.75 bits per heavy atom. The lowest BCUT2D eigenvalue weighted by Crippen LogP contribution is -2.39. The van der Waals surface area contributed by atoms with Crippen LogP contribution in [0.2, 0.25) is 0 Å². The molecule has 0 bridgehead atoms. The lowest BCUT2D eigenvalue weighted by molar-refractivity contribution is -0.127. The second-order valence-corrected chi connectivity index (χ2v) is 6.13. The van der Waals surface area contributed by atoms with Crippen molar-refractivity contribution in [3.8, 4) is 0 Å². The van der Waals surface area contributed by atoms with Gasteiger partial charge in [-0.2, -0.15) is 0 Å². The molecule has 112 valence electrons. The van der Waals surface area contributed by atoms with Crippen LogP contribution in [0.25, 0.3) is 0 Å². The van der Waals surface area contributed by atoms with E-state index in [2.05, 4.69) is 12.2 Å². The van der Waals surface area contributed by atoms with E-state index in [0.717, 1.165) is 31.6 Å². The zero-order valence-electron chi connectivity index (χ0n) is 12.3. The van der Waals surface area contributed by atoms with E-state index in [4.69, 9.17) is 4.42 Å². The molecule has 1 aromatic heterocycles. The van der Waals surface area contributed by atoms with Gasteiger partial charge in [-0.15, -0.1) is 0 Å². The van der Waals surface area contributed by atoms with Crippen LogP contribution in [0.15, 0.2) is 22.8 Å². The molecule has 4 nitrogen and oxygen atoms in total. The molecule has 1 amide bonds. The summed E-state index contributed by atoms with van der Waals surface area (Å²) in [6, 6.07) is 3.45. The molecule has 20 heavy (non-hydrogen) atoms. The first kappa shape index (κ1) is 15.1. The molecule has 0 aromatic carbocycles. The topological polar surface area (TPSA) is 62.5 Å². The highest BCUT2D eigenvalue weighted by atomic mass is 16.4. The fourth-order valence-corrected chi connectivity index (χ4v) is 2.87. The highest BCUT2D eigenvalue weighted by Gasteiger charge is 2.25. The van der Waals surface area contributed by atoms with Crippen molar-refractivity contribution in [2.24, 2.45) is 11.8 Å². The van der Waals surface area contributed by atoms with Gasteiger partial charge in [0.25, 0.3) is 0 Å². The van der Waals surface area contributed by atoms with Gasteiger partial charge >= 0.3 is 0 Å². The first-order chi connectivity index (χ1) is 9.56. The maximum absolute atomic E-state index is 12.2. The van der Waals surface area contributed by atoms with E-state index in [-0.39, 0.29) is 17.9 Å². The van der Waals surface area contributed by atoms with Crippen LogP contribution < -0.4 is 5.32 Å². The normalized spacial score (nSPS) is 25.9. The number of carbonyl (C=O) groups excluding carboxylic acids is 1. The van der Waals surface area contributed by atoms with E-state index in [1.54, 1.807) is 18.4 Å². The predicted molar refractivity (Wildman–Crippen MR) is 77.0 cm³/mol. The van der Waals surface area contributed by atoms with E-state index in [1.807, 2.05) is 6.92 Å². The van der Waals surface area contributed by atoms with Crippen LogP contribution in [0.3, 0.4) is 0 Å². The highest BCUT2D eigenvalue weighted by Crippen LogP contribution is 2.28. The molecule has 0 spiro atoms. The number of furan rings is 1. The van der Waals surface area contributed by atoms with Crippen LogP contribution >= 0.6 is 0 Å². The molecule has 1 heterocycles. The van der Waals surface area contributed by atoms with Crippen molar-refractivity contribution in [2.45, 2.75) is 58.1 Å². The number of hydrogen-bond donors (Lipinski definition) is 2. The van der Waals surface area contributed by atoms with Gasteiger partial charge in [-0.3, -0.25) is 4.79 Å². The molecular weight excluding hydrogens is 254 g/mol. The number of rotatable bonds is 5. The van der Waals surface area contributed by atoms with Crippen molar-refractivity contribution in [2.75, 3.05) is 0 Å². The fourth-order valence-electron chi connectivity index (χ4n) is 2.87. The van der Waals surface area contributed by atoms with Gasteiger partial charge in [0.1, 0.15) is 11.9 Å². The summed E-state index contributed by atoms with van der Waals surface area (Å²) in [5, 5.41) is 13.0. The van der Waals surface area contributed by atoms with Crippen molar-refractivity contribution < 1.29 is 14.3 Å². The van der Waals surface area contributed by atoms with Crippen molar-refractivity contribution in [1.82, 2.24) is 5.32 Å². The van der Waals surface area contributed by atoms with Crippen LogP contribution in [0.1, 0.15) is 57.8 Å². The summed E-state index contributed by atoms with van der Waals surface area (Å²) in [4.78, 5) is 12.2. The largest absolute Gasteiger partial charge is 0.467 e. The van der Waals surface area contributed by atoms with Gasteiger partial charge in [-0.1, -0.05) is 6.92 Å². The molecule has 2 atom stereocenters. The molecule has 0 aliphatic heterocycles. The molecule has 0 radical (unpaired) electrons. The molecule has 2 N–H and O–H groups in total. The maximum atomic E-state index is 12.2. The average molecular weight is 279 g/mol. The molecule has 1 fully saturated rings. The number of aliphatic hydroxyl groups is 1. The Bertz CT molecular complexity index is 407. The van der Waals surface area contributed by atoms with Gasteiger partial charge in [0, 0.05) is 18.4 Å². The average Bonchev–Trinajstić information content (AvgIpc) is 2.93. The highest BCUT2D eigenvalue weighted by molar-refractivity contribution is 5.78. The SMILES string of the molecule is CC1CCC(C(=O)NC(C)CC(O)c2ccco2)CC1. The summed E-state index contributed by atoms with van der Waals surface area (Å²) in [7, 11) is 0. The molecule has 1 saturated carbocycles. The number of nitrogens with one attached hydrogen (secondary N) is 1. The van der Waals surface area contributed by atoms with E-state index in [1.165, 1.54) is 0 Å². The van der Waals surface area contributed by atoms with Crippen molar-refractivity contribution in [3.05, 3.63) is 24.2 Å². The van der Waals surface area contributed by atoms with Gasteiger partial charge in [-0.25, -0.2) is 0 Å². The molecule has 1 aromatic rings. The summed E-state index contributed by atoms with van der Waals surface area (Å²) in [5.41, 5.74) is 0. The standard InChI is InChI=1S/C16H25NO3/c1-11-5-7-13(8-6-11)16(19)17-12(2)10-14(18)15-4-3-9-20-15/h3-4,9,11-14,18H,5-8,10H2,1-2H3,(H,17,19). The first-order valence-corrected chi connectivity index (χ1v) is 7.58. The van der Waals surface area contributed by atoms with Crippen LogP contribution in [0.5, 0.6) is 0 Å². The minimum absolute atomic E-state index is 0.0538. The molecule has 1 aliphatic rings. The predicted octanol–water partition coefficient (Wildman–Crippen LogP) is 3.03. The molecular formula is C16H25NO3. The van der Waals surface area contributed by atoms with Crippen LogP contribution in [0, 0.1) is 11.8 Å². The van der Waals surface area contributed by atoms with Gasteiger partial charge in [0.15, 0.2) is 0 Å². The third kappa shape index (κ3) is 4.10. The first-order valence-electron chi connectivity index (χ1n) is 7.58. The minimum atomic E-state index is -0.660. The molecule has 2 unspecified atom stereocenters. The van der Waals surface area contributed by atoms with Gasteiger partial charge < -0.3 is 14.8 Å². The number of amides is 1. The lowest BCUT2D eigenvalue weighted by atomic mass is 9.82.